The van der Waals surface area contributed by atoms with Crippen molar-refractivity contribution in [1.82, 2.24) is 0 Å². The molecule has 4 N–H and O–H groups in total. The summed E-state index contributed by atoms with van der Waals surface area (Å²) in [5, 5.41) is 45.3. The first-order valence-corrected chi connectivity index (χ1v) is 14.9. The first-order valence-electron chi connectivity index (χ1n) is 14.9. The number of rotatable bonds is 5. The number of fused-ring (bicyclic) bond motifs is 5. The zero-order valence-corrected chi connectivity index (χ0v) is 23.7. The Hall–Kier alpha value is -1.40. The van der Waals surface area contributed by atoms with E-state index in [2.05, 4.69) is 6.92 Å². The van der Waals surface area contributed by atoms with Gasteiger partial charge in [0.2, 0.25) is 0 Å². The summed E-state index contributed by atoms with van der Waals surface area (Å²) in [7, 11) is 1.42. The lowest BCUT2D eigenvalue weighted by molar-refractivity contribution is -0.320. The molecule has 1 saturated heterocycles. The maximum atomic E-state index is 13.0. The number of cyclic esters (lactones) is 1. The van der Waals surface area contributed by atoms with Crippen molar-refractivity contribution >= 4 is 12.3 Å². The minimum absolute atomic E-state index is 0.0579. The zero-order valence-electron chi connectivity index (χ0n) is 23.7. The SMILES string of the molecule is CO[C@H]1[C@@H](O[C@H]2CC[C@]3(C=O)[C@H]4CC[C@]5(C)[C@@H](C6=CC(=O)OC6)CC[C@]5(O)[C@@H]4CC[C@]3(O)C2)O[C@H](C)[C@@H](O)[C@H]1O. The smallest absolute Gasteiger partial charge is 0.331 e. The van der Waals surface area contributed by atoms with Gasteiger partial charge < -0.3 is 44.2 Å². The number of aldehydes is 1. The molecule has 0 amide bonds. The van der Waals surface area contributed by atoms with Gasteiger partial charge >= 0.3 is 5.97 Å². The third kappa shape index (κ3) is 3.86. The van der Waals surface area contributed by atoms with Crippen molar-refractivity contribution in [1.29, 1.82) is 0 Å². The van der Waals surface area contributed by atoms with Crippen LogP contribution in [-0.2, 0) is 28.5 Å². The van der Waals surface area contributed by atoms with Crippen molar-refractivity contribution in [3.8, 4) is 0 Å². The van der Waals surface area contributed by atoms with Crippen LogP contribution in [0.4, 0.5) is 0 Å². The summed E-state index contributed by atoms with van der Waals surface area (Å²) < 4.78 is 22.7. The molecule has 5 fully saturated rings. The number of carbonyl (C=O) groups excluding carboxylic acids is 2. The monoisotopic (exact) mass is 564 g/mol. The topological polar surface area (TPSA) is 152 Å². The van der Waals surface area contributed by atoms with Crippen LogP contribution in [0.3, 0.4) is 0 Å². The van der Waals surface area contributed by atoms with Crippen LogP contribution in [0.5, 0.6) is 0 Å². The molecule has 10 nitrogen and oxygen atoms in total. The Labute approximate surface area is 235 Å². The van der Waals surface area contributed by atoms with Crippen LogP contribution in [0.15, 0.2) is 11.6 Å². The average molecular weight is 565 g/mol. The number of aliphatic hydroxyl groups excluding tert-OH is 2. The van der Waals surface area contributed by atoms with Crippen LogP contribution in [0.25, 0.3) is 0 Å². The molecule has 224 valence electrons. The van der Waals surface area contributed by atoms with Crippen LogP contribution in [-0.4, -0.2) is 94.4 Å². The number of esters is 1. The van der Waals surface area contributed by atoms with Gasteiger partial charge in [-0.15, -0.1) is 0 Å². The Morgan fingerprint density at radius 2 is 1.77 bits per heavy atom. The molecule has 0 aromatic carbocycles. The fourth-order valence-electron chi connectivity index (χ4n) is 9.99. The maximum absolute atomic E-state index is 13.0. The Bertz CT molecular complexity index is 1060. The molecule has 2 heterocycles. The van der Waals surface area contributed by atoms with E-state index in [-0.39, 0.29) is 36.8 Å². The molecular weight excluding hydrogens is 520 g/mol. The largest absolute Gasteiger partial charge is 0.458 e. The van der Waals surface area contributed by atoms with Crippen molar-refractivity contribution in [2.75, 3.05) is 13.7 Å². The van der Waals surface area contributed by atoms with E-state index >= 15 is 0 Å². The molecule has 0 aromatic heterocycles. The van der Waals surface area contributed by atoms with Gasteiger partial charge in [0.25, 0.3) is 0 Å². The van der Waals surface area contributed by atoms with E-state index in [9.17, 15) is 30.0 Å². The molecule has 0 spiro atoms. The van der Waals surface area contributed by atoms with Crippen LogP contribution in [0.2, 0.25) is 0 Å². The number of ether oxygens (including phenoxy) is 4. The summed E-state index contributed by atoms with van der Waals surface area (Å²) in [5.41, 5.74) is -2.75. The van der Waals surface area contributed by atoms with Crippen molar-refractivity contribution in [2.45, 2.75) is 120 Å². The third-order valence-corrected chi connectivity index (χ3v) is 12.2. The highest BCUT2D eigenvalue weighted by Crippen LogP contribution is 2.70. The third-order valence-electron chi connectivity index (χ3n) is 12.2. The van der Waals surface area contributed by atoms with Gasteiger partial charge in [-0.05, 0) is 81.6 Å². The van der Waals surface area contributed by atoms with Gasteiger partial charge in [0.1, 0.15) is 31.2 Å². The molecule has 4 aliphatic carbocycles. The summed E-state index contributed by atoms with van der Waals surface area (Å²) in [5.74, 6) is -0.552. The number of hydrogen-bond donors (Lipinski definition) is 4. The maximum Gasteiger partial charge on any atom is 0.331 e. The molecule has 6 rings (SSSR count). The molecule has 0 unspecified atom stereocenters. The van der Waals surface area contributed by atoms with E-state index in [4.69, 9.17) is 18.9 Å². The van der Waals surface area contributed by atoms with Crippen molar-refractivity contribution in [2.24, 2.45) is 28.6 Å². The molecule has 40 heavy (non-hydrogen) atoms. The van der Waals surface area contributed by atoms with Crippen LogP contribution in [0, 0.1) is 28.6 Å². The van der Waals surface area contributed by atoms with Crippen LogP contribution in [0.1, 0.15) is 71.6 Å². The molecular formula is C30H44O10. The minimum atomic E-state index is -1.30. The van der Waals surface area contributed by atoms with Crippen LogP contribution >= 0.6 is 0 Å². The molecule has 13 atom stereocenters. The van der Waals surface area contributed by atoms with E-state index in [1.54, 1.807) is 13.0 Å². The molecule has 6 aliphatic rings. The van der Waals surface area contributed by atoms with Gasteiger partial charge in [-0.25, -0.2) is 4.79 Å². The summed E-state index contributed by atoms with van der Waals surface area (Å²) in [6, 6.07) is 0. The highest BCUT2D eigenvalue weighted by atomic mass is 16.7. The van der Waals surface area contributed by atoms with E-state index in [1.165, 1.54) is 7.11 Å². The van der Waals surface area contributed by atoms with E-state index in [0.717, 1.165) is 18.3 Å². The Balaban J connectivity index is 1.22. The number of methoxy groups -OCH3 is 1. The minimum Gasteiger partial charge on any atom is -0.458 e. The van der Waals surface area contributed by atoms with Crippen LogP contribution < -0.4 is 0 Å². The van der Waals surface area contributed by atoms with E-state index in [1.807, 2.05) is 0 Å². The van der Waals surface area contributed by atoms with Gasteiger partial charge in [0, 0.05) is 25.0 Å². The molecule has 0 bridgehead atoms. The van der Waals surface area contributed by atoms with Gasteiger partial charge in [-0.2, -0.15) is 0 Å². The molecule has 10 heteroatoms. The van der Waals surface area contributed by atoms with Gasteiger partial charge in [-0.1, -0.05) is 6.92 Å². The molecule has 0 radical (unpaired) electrons. The lowest BCUT2D eigenvalue weighted by atomic mass is 9.41. The number of hydrogen-bond acceptors (Lipinski definition) is 10. The number of carbonyl (C=O) groups is 2. The standard InChI is InChI=1S/C30H44O10/c1-16-23(33)24(34)25(37-3)26(39-16)40-18-4-9-28(15-31)20-5-8-27(2)19(17-12-22(32)38-14-17)7-11-30(27,36)21(20)6-10-29(28,35)13-18/h12,15-16,18-21,23-26,33-36H,4-11,13-14H2,1-3H3/t16-,18+,19-,20+,21-,23-,24-,25-,26-,27-,28+,29+,30+/m1/s1. The highest BCUT2D eigenvalue weighted by molar-refractivity contribution is 5.85. The number of aliphatic hydroxyl groups is 4. The first kappa shape index (κ1) is 28.7. The van der Waals surface area contributed by atoms with E-state index in [0.29, 0.717) is 44.9 Å². The summed E-state index contributed by atoms with van der Waals surface area (Å²) >= 11 is 0. The fraction of sp³-hybridized carbons (Fsp3) is 0.867. The summed E-state index contributed by atoms with van der Waals surface area (Å²) in [4.78, 5) is 24.8. The second-order valence-electron chi connectivity index (χ2n) is 13.6. The van der Waals surface area contributed by atoms with E-state index < -0.39 is 58.8 Å². The fourth-order valence-corrected chi connectivity index (χ4v) is 9.99. The highest BCUT2D eigenvalue weighted by Gasteiger charge is 2.71. The average Bonchev–Trinajstić information content (AvgIpc) is 3.46. The first-order chi connectivity index (χ1) is 18.9. The second-order valence-corrected chi connectivity index (χ2v) is 13.6. The van der Waals surface area contributed by atoms with Crippen molar-refractivity contribution in [3.05, 3.63) is 11.6 Å². The summed E-state index contributed by atoms with van der Waals surface area (Å²) in [6.45, 7) is 4.07. The van der Waals surface area contributed by atoms with Gasteiger partial charge in [0.05, 0.1) is 28.8 Å². The molecule has 2 aliphatic heterocycles. The Morgan fingerprint density at radius 1 is 1.02 bits per heavy atom. The molecule has 4 saturated carbocycles. The zero-order chi connectivity index (χ0) is 28.7. The van der Waals surface area contributed by atoms with Crippen molar-refractivity contribution in [3.63, 3.8) is 0 Å². The van der Waals surface area contributed by atoms with Gasteiger partial charge in [-0.3, -0.25) is 0 Å². The lowest BCUT2D eigenvalue weighted by Gasteiger charge is -2.65. The predicted molar refractivity (Wildman–Crippen MR) is 140 cm³/mol. The predicted octanol–water partition coefficient (Wildman–Crippen LogP) is 1.40. The van der Waals surface area contributed by atoms with Crippen molar-refractivity contribution < 1.29 is 49.0 Å². The van der Waals surface area contributed by atoms with Gasteiger partial charge in [0.15, 0.2) is 6.29 Å². The second kappa shape index (κ2) is 9.82. The summed E-state index contributed by atoms with van der Waals surface area (Å²) in [6.07, 6.45) is 2.33. The molecule has 0 aromatic rings. The quantitative estimate of drug-likeness (QED) is 0.219. The normalized spacial score (nSPS) is 54.1. The Kier molecular flexibility index (Phi) is 7.05. The Morgan fingerprint density at radius 3 is 2.45 bits per heavy atom. The lowest BCUT2D eigenvalue weighted by Crippen LogP contribution is -2.69.